The molecule has 3 N–H and O–H groups in total. The Morgan fingerprint density at radius 1 is 1.47 bits per heavy atom. The van der Waals surface area contributed by atoms with Gasteiger partial charge in [-0.1, -0.05) is 13.8 Å². The van der Waals surface area contributed by atoms with E-state index in [4.69, 9.17) is 5.73 Å². The Balaban J connectivity index is 2.48. The van der Waals surface area contributed by atoms with Gasteiger partial charge in [0.05, 0.1) is 17.9 Å². The first kappa shape index (κ1) is 15.4. The van der Waals surface area contributed by atoms with Gasteiger partial charge in [-0.2, -0.15) is 0 Å². The average molecular weight is 267 g/mol. The number of nitrogens with two attached hydrogens (primary N) is 1. The minimum absolute atomic E-state index is 0.191. The topological polar surface area (TPSA) is 58.4 Å². The van der Waals surface area contributed by atoms with Crippen LogP contribution in [-0.2, 0) is 4.79 Å². The highest BCUT2D eigenvalue weighted by Crippen LogP contribution is 2.18. The molecule has 0 radical (unpaired) electrons. The van der Waals surface area contributed by atoms with Gasteiger partial charge < -0.3 is 11.1 Å². The smallest absolute Gasteiger partial charge is 0.238 e. The lowest BCUT2D eigenvalue weighted by Crippen LogP contribution is -2.31. The number of nitrogen functional groups attached to an aromatic ring is 1. The SMILES string of the molecule is CC(C)CCN(C)CC(=O)Nc1cc(F)ccc1N. The van der Waals surface area contributed by atoms with Crippen LogP contribution < -0.4 is 11.1 Å². The molecular formula is C14H22FN3O. The highest BCUT2D eigenvalue weighted by Gasteiger charge is 2.09. The van der Waals surface area contributed by atoms with E-state index in [0.717, 1.165) is 13.0 Å². The van der Waals surface area contributed by atoms with Gasteiger partial charge in [0, 0.05) is 0 Å². The third-order valence-corrected chi connectivity index (χ3v) is 2.79. The lowest BCUT2D eigenvalue weighted by Gasteiger charge is -2.17. The van der Waals surface area contributed by atoms with Crippen LogP contribution in [0.15, 0.2) is 18.2 Å². The van der Waals surface area contributed by atoms with Crippen molar-refractivity contribution in [3.8, 4) is 0 Å². The van der Waals surface area contributed by atoms with Crippen molar-refractivity contribution in [3.63, 3.8) is 0 Å². The summed E-state index contributed by atoms with van der Waals surface area (Å²) in [7, 11) is 1.89. The number of nitrogens with one attached hydrogen (secondary N) is 1. The molecule has 1 aromatic rings. The van der Waals surface area contributed by atoms with E-state index in [1.165, 1.54) is 18.2 Å². The van der Waals surface area contributed by atoms with Crippen LogP contribution in [0.1, 0.15) is 20.3 Å². The van der Waals surface area contributed by atoms with Crippen molar-refractivity contribution >= 4 is 17.3 Å². The predicted octanol–water partition coefficient (Wildman–Crippen LogP) is 2.32. The van der Waals surface area contributed by atoms with Crippen LogP contribution in [-0.4, -0.2) is 30.9 Å². The van der Waals surface area contributed by atoms with Crippen molar-refractivity contribution in [2.45, 2.75) is 20.3 Å². The van der Waals surface area contributed by atoms with Crippen LogP contribution in [0, 0.1) is 11.7 Å². The van der Waals surface area contributed by atoms with Crippen LogP contribution >= 0.6 is 0 Å². The van der Waals surface area contributed by atoms with Gasteiger partial charge in [-0.15, -0.1) is 0 Å². The Bertz CT molecular complexity index is 435. The van der Waals surface area contributed by atoms with Crippen molar-refractivity contribution in [1.82, 2.24) is 4.90 Å². The summed E-state index contributed by atoms with van der Waals surface area (Å²) < 4.78 is 13.1. The fourth-order valence-electron chi connectivity index (χ4n) is 1.63. The molecule has 0 fully saturated rings. The normalized spacial score (nSPS) is 11.1. The number of halogens is 1. The number of amides is 1. The summed E-state index contributed by atoms with van der Waals surface area (Å²) in [4.78, 5) is 13.7. The molecule has 0 atom stereocenters. The molecule has 0 aliphatic heterocycles. The lowest BCUT2D eigenvalue weighted by molar-refractivity contribution is -0.117. The molecule has 0 spiro atoms. The van der Waals surface area contributed by atoms with E-state index in [-0.39, 0.29) is 12.5 Å². The van der Waals surface area contributed by atoms with Crippen molar-refractivity contribution in [2.75, 3.05) is 31.2 Å². The summed E-state index contributed by atoms with van der Waals surface area (Å²) in [6.07, 6.45) is 1.03. The van der Waals surface area contributed by atoms with Crippen molar-refractivity contribution in [2.24, 2.45) is 5.92 Å². The maximum atomic E-state index is 13.1. The zero-order chi connectivity index (χ0) is 14.4. The van der Waals surface area contributed by atoms with E-state index in [1.54, 1.807) is 0 Å². The molecule has 0 heterocycles. The Labute approximate surface area is 113 Å². The standard InChI is InChI=1S/C14H22FN3O/c1-10(2)6-7-18(3)9-14(19)17-13-8-11(15)4-5-12(13)16/h4-5,8,10H,6-7,9,16H2,1-3H3,(H,17,19). The van der Waals surface area contributed by atoms with Gasteiger partial charge in [0.25, 0.3) is 0 Å². The molecule has 106 valence electrons. The van der Waals surface area contributed by atoms with E-state index < -0.39 is 5.82 Å². The van der Waals surface area contributed by atoms with Crippen molar-refractivity contribution in [1.29, 1.82) is 0 Å². The molecule has 0 saturated heterocycles. The highest BCUT2D eigenvalue weighted by molar-refractivity contribution is 5.95. The van der Waals surface area contributed by atoms with Crippen LogP contribution in [0.3, 0.4) is 0 Å². The molecule has 0 aromatic heterocycles. The number of nitrogens with zero attached hydrogens (tertiary/aromatic N) is 1. The Kier molecular flexibility index (Phi) is 5.76. The van der Waals surface area contributed by atoms with Gasteiger partial charge in [-0.25, -0.2) is 4.39 Å². The zero-order valence-electron chi connectivity index (χ0n) is 11.7. The molecule has 1 aromatic carbocycles. The fraction of sp³-hybridized carbons (Fsp3) is 0.500. The van der Waals surface area contributed by atoms with Gasteiger partial charge in [-0.05, 0) is 44.1 Å². The summed E-state index contributed by atoms with van der Waals surface area (Å²) in [5, 5.41) is 2.62. The summed E-state index contributed by atoms with van der Waals surface area (Å²) >= 11 is 0. The molecule has 0 aliphatic carbocycles. The third kappa shape index (κ3) is 5.70. The fourth-order valence-corrected chi connectivity index (χ4v) is 1.63. The molecule has 0 saturated carbocycles. The average Bonchev–Trinajstić information content (AvgIpc) is 2.31. The van der Waals surface area contributed by atoms with E-state index in [0.29, 0.717) is 17.3 Å². The third-order valence-electron chi connectivity index (χ3n) is 2.79. The molecule has 0 unspecified atom stereocenters. The minimum Gasteiger partial charge on any atom is -0.397 e. The van der Waals surface area contributed by atoms with Gasteiger partial charge >= 0.3 is 0 Å². The second kappa shape index (κ2) is 7.09. The summed E-state index contributed by atoms with van der Waals surface area (Å²) in [5.41, 5.74) is 6.35. The van der Waals surface area contributed by atoms with Gasteiger partial charge in [0.2, 0.25) is 5.91 Å². The molecule has 4 nitrogen and oxygen atoms in total. The molecule has 5 heteroatoms. The highest BCUT2D eigenvalue weighted by atomic mass is 19.1. The van der Waals surface area contributed by atoms with Gasteiger partial charge in [0.1, 0.15) is 5.82 Å². The monoisotopic (exact) mass is 267 g/mol. The Morgan fingerprint density at radius 3 is 2.79 bits per heavy atom. The summed E-state index contributed by atoms with van der Waals surface area (Å²) in [5.74, 6) is -0.00871. The number of hydrogen-bond acceptors (Lipinski definition) is 3. The van der Waals surface area contributed by atoms with E-state index in [1.807, 2.05) is 11.9 Å². The summed E-state index contributed by atoms with van der Waals surface area (Å²) in [6, 6.07) is 3.93. The number of carbonyl (C=O) groups is 1. The maximum absolute atomic E-state index is 13.1. The predicted molar refractivity (Wildman–Crippen MR) is 76.4 cm³/mol. The van der Waals surface area contributed by atoms with Crippen molar-refractivity contribution in [3.05, 3.63) is 24.0 Å². The van der Waals surface area contributed by atoms with E-state index >= 15 is 0 Å². The molecular weight excluding hydrogens is 245 g/mol. The number of anilines is 2. The van der Waals surface area contributed by atoms with Crippen LogP contribution in [0.5, 0.6) is 0 Å². The van der Waals surface area contributed by atoms with E-state index in [2.05, 4.69) is 19.2 Å². The first-order valence-corrected chi connectivity index (χ1v) is 6.42. The second-order valence-corrected chi connectivity index (χ2v) is 5.20. The first-order valence-electron chi connectivity index (χ1n) is 6.42. The molecule has 0 aliphatic rings. The molecule has 19 heavy (non-hydrogen) atoms. The number of likely N-dealkylation sites (N-methyl/N-ethyl adjacent to an activating group) is 1. The second-order valence-electron chi connectivity index (χ2n) is 5.20. The first-order chi connectivity index (χ1) is 8.88. The molecule has 0 bridgehead atoms. The Hall–Kier alpha value is -1.62. The number of benzene rings is 1. The quantitative estimate of drug-likeness (QED) is 0.778. The molecule has 1 amide bonds. The van der Waals surface area contributed by atoms with Crippen LogP contribution in [0.4, 0.5) is 15.8 Å². The largest absolute Gasteiger partial charge is 0.397 e. The van der Waals surface area contributed by atoms with Gasteiger partial charge in [0.15, 0.2) is 0 Å². The zero-order valence-corrected chi connectivity index (χ0v) is 11.7. The van der Waals surface area contributed by atoms with Crippen LogP contribution in [0.25, 0.3) is 0 Å². The Morgan fingerprint density at radius 2 is 2.16 bits per heavy atom. The number of hydrogen-bond donors (Lipinski definition) is 2. The lowest BCUT2D eigenvalue weighted by atomic mass is 10.1. The number of carbonyl (C=O) groups excluding carboxylic acids is 1. The van der Waals surface area contributed by atoms with Crippen molar-refractivity contribution < 1.29 is 9.18 Å². The molecule has 1 rings (SSSR count). The number of rotatable bonds is 6. The van der Waals surface area contributed by atoms with Gasteiger partial charge in [-0.3, -0.25) is 9.69 Å². The van der Waals surface area contributed by atoms with E-state index in [9.17, 15) is 9.18 Å². The van der Waals surface area contributed by atoms with Crippen LogP contribution in [0.2, 0.25) is 0 Å². The maximum Gasteiger partial charge on any atom is 0.238 e. The minimum atomic E-state index is -0.419. The summed E-state index contributed by atoms with van der Waals surface area (Å²) in [6.45, 7) is 5.40.